The molecule has 0 saturated carbocycles. The molecule has 1 N–H and O–H groups in total. The Hall–Kier alpha value is -0.830. The number of carbonyl (C=O) groups excluding carboxylic acids is 1. The van der Waals surface area contributed by atoms with Gasteiger partial charge in [-0.25, -0.2) is 0 Å². The molecule has 0 radical (unpaired) electrons. The average Bonchev–Trinajstić information content (AvgIpc) is 2.34. The molecule has 1 aliphatic heterocycles. The summed E-state index contributed by atoms with van der Waals surface area (Å²) in [6.07, 6.45) is 6.93. The molecule has 1 unspecified atom stereocenters. The number of piperidine rings is 1. The van der Waals surface area contributed by atoms with Crippen molar-refractivity contribution in [3.8, 4) is 0 Å². The average molecular weight is 238 g/mol. The van der Waals surface area contributed by atoms with Crippen LogP contribution in [0.25, 0.3) is 0 Å². The Labute approximate surface area is 105 Å². The van der Waals surface area contributed by atoms with E-state index in [4.69, 9.17) is 0 Å². The molecule has 1 fully saturated rings. The minimum atomic E-state index is 0.257. The van der Waals surface area contributed by atoms with E-state index < -0.39 is 0 Å². The van der Waals surface area contributed by atoms with Crippen LogP contribution in [0.2, 0.25) is 0 Å². The summed E-state index contributed by atoms with van der Waals surface area (Å²) in [5.41, 5.74) is 0. The molecule has 17 heavy (non-hydrogen) atoms. The third-order valence-electron chi connectivity index (χ3n) is 3.34. The minimum Gasteiger partial charge on any atom is -0.339 e. The molecule has 0 aromatic carbocycles. The van der Waals surface area contributed by atoms with Gasteiger partial charge in [-0.05, 0) is 39.7 Å². The third kappa shape index (κ3) is 4.90. The Morgan fingerprint density at radius 1 is 1.53 bits per heavy atom. The van der Waals surface area contributed by atoms with E-state index in [0.717, 1.165) is 19.5 Å². The van der Waals surface area contributed by atoms with Crippen LogP contribution >= 0.6 is 0 Å². The summed E-state index contributed by atoms with van der Waals surface area (Å²) in [5.74, 6) is 0.257. The minimum absolute atomic E-state index is 0.257. The molecule has 1 rings (SSSR count). The lowest BCUT2D eigenvalue weighted by Gasteiger charge is -2.33. The Kier molecular flexibility index (Phi) is 6.27. The standard InChI is InChI=1S/C14H26N2O/c1-4-5-9-14(17)16(12(2)3)11-13-8-6-7-10-15-13/h4,12-13,15H,1,5-11H2,2-3H3. The number of carbonyl (C=O) groups is 1. The van der Waals surface area contributed by atoms with E-state index in [1.807, 2.05) is 11.0 Å². The van der Waals surface area contributed by atoms with E-state index in [9.17, 15) is 4.79 Å². The van der Waals surface area contributed by atoms with Crippen LogP contribution in [0.4, 0.5) is 0 Å². The molecule has 3 nitrogen and oxygen atoms in total. The molecule has 0 aromatic rings. The molecule has 3 heteroatoms. The van der Waals surface area contributed by atoms with E-state index in [0.29, 0.717) is 12.5 Å². The normalized spacial score (nSPS) is 20.3. The first kappa shape index (κ1) is 14.2. The predicted molar refractivity (Wildman–Crippen MR) is 71.9 cm³/mol. The summed E-state index contributed by atoms with van der Waals surface area (Å²) >= 11 is 0. The zero-order valence-corrected chi connectivity index (χ0v) is 11.2. The fourth-order valence-electron chi connectivity index (χ4n) is 2.29. The highest BCUT2D eigenvalue weighted by Crippen LogP contribution is 2.12. The highest BCUT2D eigenvalue weighted by molar-refractivity contribution is 5.76. The molecule has 1 saturated heterocycles. The monoisotopic (exact) mass is 238 g/mol. The van der Waals surface area contributed by atoms with Gasteiger partial charge in [0.1, 0.15) is 0 Å². The summed E-state index contributed by atoms with van der Waals surface area (Å²) in [5, 5.41) is 3.50. The first-order valence-electron chi connectivity index (χ1n) is 6.79. The number of nitrogens with zero attached hydrogens (tertiary/aromatic N) is 1. The lowest BCUT2D eigenvalue weighted by atomic mass is 10.0. The van der Waals surface area contributed by atoms with Gasteiger partial charge in [0.2, 0.25) is 5.91 Å². The van der Waals surface area contributed by atoms with Crippen LogP contribution in [0.3, 0.4) is 0 Å². The Morgan fingerprint density at radius 3 is 2.82 bits per heavy atom. The highest BCUT2D eigenvalue weighted by atomic mass is 16.2. The molecule has 1 heterocycles. The smallest absolute Gasteiger partial charge is 0.223 e. The molecule has 0 bridgehead atoms. The van der Waals surface area contributed by atoms with Crippen LogP contribution in [0.5, 0.6) is 0 Å². The summed E-state index contributed by atoms with van der Waals surface area (Å²) in [4.78, 5) is 14.1. The van der Waals surface area contributed by atoms with Crippen molar-refractivity contribution in [3.05, 3.63) is 12.7 Å². The van der Waals surface area contributed by atoms with Gasteiger partial charge in [-0.2, -0.15) is 0 Å². The molecule has 1 aliphatic rings. The Morgan fingerprint density at radius 2 is 2.29 bits per heavy atom. The van der Waals surface area contributed by atoms with Crippen molar-refractivity contribution in [3.63, 3.8) is 0 Å². The van der Waals surface area contributed by atoms with Crippen molar-refractivity contribution < 1.29 is 4.79 Å². The van der Waals surface area contributed by atoms with Crippen LogP contribution in [-0.2, 0) is 4.79 Å². The summed E-state index contributed by atoms with van der Waals surface area (Å²) < 4.78 is 0. The van der Waals surface area contributed by atoms with Gasteiger partial charge in [0.15, 0.2) is 0 Å². The number of hydrogen-bond donors (Lipinski definition) is 1. The number of amides is 1. The van der Waals surface area contributed by atoms with E-state index in [2.05, 4.69) is 25.7 Å². The zero-order valence-electron chi connectivity index (χ0n) is 11.2. The first-order chi connectivity index (χ1) is 8.15. The maximum absolute atomic E-state index is 12.1. The van der Waals surface area contributed by atoms with Crippen molar-refractivity contribution in [1.29, 1.82) is 0 Å². The summed E-state index contributed by atoms with van der Waals surface area (Å²) in [6, 6.07) is 0.773. The largest absolute Gasteiger partial charge is 0.339 e. The molecular formula is C14H26N2O. The summed E-state index contributed by atoms with van der Waals surface area (Å²) in [7, 11) is 0. The maximum Gasteiger partial charge on any atom is 0.223 e. The molecule has 0 spiro atoms. The van der Waals surface area contributed by atoms with Crippen molar-refractivity contribution in [2.75, 3.05) is 13.1 Å². The fourth-order valence-corrected chi connectivity index (χ4v) is 2.29. The van der Waals surface area contributed by atoms with Crippen molar-refractivity contribution in [1.82, 2.24) is 10.2 Å². The quantitative estimate of drug-likeness (QED) is 0.720. The summed E-state index contributed by atoms with van der Waals surface area (Å²) in [6.45, 7) is 9.80. The number of allylic oxidation sites excluding steroid dienone is 1. The second-order valence-corrected chi connectivity index (χ2v) is 5.11. The fraction of sp³-hybridized carbons (Fsp3) is 0.786. The lowest BCUT2D eigenvalue weighted by molar-refractivity contribution is -0.133. The van der Waals surface area contributed by atoms with Gasteiger partial charge in [-0.1, -0.05) is 12.5 Å². The predicted octanol–water partition coefficient (Wildman–Crippen LogP) is 2.33. The van der Waals surface area contributed by atoms with Crippen LogP contribution in [-0.4, -0.2) is 36.0 Å². The highest BCUT2D eigenvalue weighted by Gasteiger charge is 2.21. The molecule has 1 amide bonds. The zero-order chi connectivity index (χ0) is 12.7. The second kappa shape index (κ2) is 7.49. The molecule has 98 valence electrons. The third-order valence-corrected chi connectivity index (χ3v) is 3.34. The maximum atomic E-state index is 12.1. The SMILES string of the molecule is C=CCCC(=O)N(CC1CCCCN1)C(C)C. The van der Waals surface area contributed by atoms with E-state index in [-0.39, 0.29) is 11.9 Å². The molecule has 0 aromatic heterocycles. The van der Waals surface area contributed by atoms with Gasteiger partial charge in [-0.3, -0.25) is 4.79 Å². The van der Waals surface area contributed by atoms with Gasteiger partial charge in [0.05, 0.1) is 0 Å². The van der Waals surface area contributed by atoms with Crippen molar-refractivity contribution >= 4 is 5.91 Å². The first-order valence-corrected chi connectivity index (χ1v) is 6.79. The molecule has 0 aliphatic carbocycles. The van der Waals surface area contributed by atoms with E-state index >= 15 is 0 Å². The number of rotatable bonds is 6. The van der Waals surface area contributed by atoms with E-state index in [1.165, 1.54) is 19.3 Å². The Bertz CT molecular complexity index is 245. The van der Waals surface area contributed by atoms with Crippen LogP contribution in [0.1, 0.15) is 46.0 Å². The number of hydrogen-bond acceptors (Lipinski definition) is 2. The van der Waals surface area contributed by atoms with Crippen LogP contribution < -0.4 is 5.32 Å². The van der Waals surface area contributed by atoms with E-state index in [1.54, 1.807) is 0 Å². The lowest BCUT2D eigenvalue weighted by Crippen LogP contribution is -2.48. The van der Waals surface area contributed by atoms with Crippen LogP contribution in [0, 0.1) is 0 Å². The second-order valence-electron chi connectivity index (χ2n) is 5.11. The van der Waals surface area contributed by atoms with Gasteiger partial charge in [0.25, 0.3) is 0 Å². The van der Waals surface area contributed by atoms with Crippen molar-refractivity contribution in [2.24, 2.45) is 0 Å². The number of nitrogens with one attached hydrogen (secondary N) is 1. The molecule has 1 atom stereocenters. The van der Waals surface area contributed by atoms with Gasteiger partial charge < -0.3 is 10.2 Å². The topological polar surface area (TPSA) is 32.3 Å². The Balaban J connectivity index is 2.46. The van der Waals surface area contributed by atoms with Crippen LogP contribution in [0.15, 0.2) is 12.7 Å². The van der Waals surface area contributed by atoms with Gasteiger partial charge in [-0.15, -0.1) is 6.58 Å². The van der Waals surface area contributed by atoms with Crippen molar-refractivity contribution in [2.45, 2.75) is 58.0 Å². The van der Waals surface area contributed by atoms with Gasteiger partial charge in [0, 0.05) is 25.0 Å². The van der Waals surface area contributed by atoms with Gasteiger partial charge >= 0.3 is 0 Å². The molecular weight excluding hydrogens is 212 g/mol.